The molecule has 7 heteroatoms. The summed E-state index contributed by atoms with van der Waals surface area (Å²) in [4.78, 5) is 26.4. The zero-order valence-corrected chi connectivity index (χ0v) is 11.8. The number of benzene rings is 1. The van der Waals surface area contributed by atoms with Crippen LogP contribution in [0, 0.1) is 0 Å². The summed E-state index contributed by atoms with van der Waals surface area (Å²) in [5.74, 6) is -1.07. The number of anilines is 1. The molecule has 1 heterocycles. The molecule has 1 aromatic heterocycles. The first kappa shape index (κ1) is 14.6. The van der Waals surface area contributed by atoms with Gasteiger partial charge in [0.1, 0.15) is 0 Å². The zero-order chi connectivity index (χ0) is 15.4. The van der Waals surface area contributed by atoms with Crippen LogP contribution in [-0.4, -0.2) is 46.3 Å². The minimum Gasteiger partial charge on any atom is -0.478 e. The zero-order valence-electron chi connectivity index (χ0n) is 11.8. The molecule has 21 heavy (non-hydrogen) atoms. The van der Waals surface area contributed by atoms with Crippen LogP contribution >= 0.6 is 0 Å². The van der Waals surface area contributed by atoms with Crippen LogP contribution in [0.2, 0.25) is 0 Å². The third-order valence-electron chi connectivity index (χ3n) is 3.08. The number of H-pyrrole nitrogens is 1. The highest BCUT2D eigenvalue weighted by molar-refractivity contribution is 6.00. The summed E-state index contributed by atoms with van der Waals surface area (Å²) in [6.45, 7) is 0.384. The number of hydrogen-bond donors (Lipinski definition) is 2. The fraction of sp³-hybridized carbons (Fsp3) is 0.214. The predicted octanol–water partition coefficient (Wildman–Crippen LogP) is 1.80. The van der Waals surface area contributed by atoms with E-state index in [1.807, 2.05) is 0 Å². The number of urea groups is 1. The molecule has 2 N–H and O–H groups in total. The summed E-state index contributed by atoms with van der Waals surface area (Å²) in [6, 6.07) is 6.09. The first-order valence-corrected chi connectivity index (χ1v) is 6.29. The number of rotatable bonds is 4. The van der Waals surface area contributed by atoms with Crippen LogP contribution in [0.15, 0.2) is 36.7 Å². The highest BCUT2D eigenvalue weighted by Gasteiger charge is 2.20. The van der Waals surface area contributed by atoms with Gasteiger partial charge in [-0.15, -0.1) is 0 Å². The lowest BCUT2D eigenvalue weighted by molar-refractivity contribution is 0.0697. The van der Waals surface area contributed by atoms with Crippen LogP contribution in [0.5, 0.6) is 0 Å². The van der Waals surface area contributed by atoms with Crippen LogP contribution < -0.4 is 4.90 Å². The minimum absolute atomic E-state index is 0.0880. The number of amides is 2. The van der Waals surface area contributed by atoms with E-state index in [-0.39, 0.29) is 11.6 Å². The van der Waals surface area contributed by atoms with E-state index in [1.165, 1.54) is 15.9 Å². The van der Waals surface area contributed by atoms with Crippen molar-refractivity contribution >= 4 is 17.7 Å². The van der Waals surface area contributed by atoms with Crippen LogP contribution in [0.4, 0.5) is 10.5 Å². The van der Waals surface area contributed by atoms with E-state index in [4.69, 9.17) is 0 Å². The van der Waals surface area contributed by atoms with Gasteiger partial charge in [0.2, 0.25) is 0 Å². The van der Waals surface area contributed by atoms with Gasteiger partial charge >= 0.3 is 12.0 Å². The van der Waals surface area contributed by atoms with Crippen molar-refractivity contribution in [2.24, 2.45) is 0 Å². The third-order valence-corrected chi connectivity index (χ3v) is 3.08. The topological polar surface area (TPSA) is 89.5 Å². The largest absolute Gasteiger partial charge is 0.478 e. The number of carbonyl (C=O) groups excluding carboxylic acids is 1. The smallest absolute Gasteiger partial charge is 0.337 e. The maximum Gasteiger partial charge on any atom is 0.337 e. The standard InChI is InChI=1S/C14H16N4O3/c1-17(9-10-7-15-16-8-10)14(21)18(2)12-6-4-3-5-11(12)13(19)20/h3-8H,9H2,1-2H3,(H,15,16)(H,19,20). The number of carbonyl (C=O) groups is 2. The van der Waals surface area contributed by atoms with E-state index in [2.05, 4.69) is 10.2 Å². The maximum atomic E-state index is 12.4. The molecule has 0 atom stereocenters. The maximum absolute atomic E-state index is 12.4. The number of aromatic amines is 1. The SMILES string of the molecule is CN(Cc1cn[nH]c1)C(=O)N(C)c1ccccc1C(=O)O. The number of aromatic carboxylic acids is 1. The number of nitrogens with zero attached hydrogens (tertiary/aromatic N) is 3. The van der Waals surface area contributed by atoms with Crippen LogP contribution in [0.25, 0.3) is 0 Å². The van der Waals surface area contributed by atoms with E-state index in [0.29, 0.717) is 12.2 Å². The molecule has 0 fully saturated rings. The Bertz CT molecular complexity index is 639. The first-order chi connectivity index (χ1) is 10.0. The summed E-state index contributed by atoms with van der Waals surface area (Å²) in [7, 11) is 3.20. The second-order valence-electron chi connectivity index (χ2n) is 4.63. The van der Waals surface area contributed by atoms with Crippen molar-refractivity contribution < 1.29 is 14.7 Å². The molecule has 0 aliphatic rings. The van der Waals surface area contributed by atoms with Gasteiger partial charge in [0, 0.05) is 25.9 Å². The minimum atomic E-state index is -1.07. The molecule has 0 aliphatic heterocycles. The van der Waals surface area contributed by atoms with Gasteiger partial charge in [-0.1, -0.05) is 12.1 Å². The van der Waals surface area contributed by atoms with E-state index >= 15 is 0 Å². The molecule has 1 aromatic carbocycles. The fourth-order valence-corrected chi connectivity index (χ4v) is 2.01. The normalized spacial score (nSPS) is 10.2. The first-order valence-electron chi connectivity index (χ1n) is 6.29. The molecule has 0 saturated heterocycles. The van der Waals surface area contributed by atoms with Crippen molar-refractivity contribution in [3.8, 4) is 0 Å². The molecule has 7 nitrogen and oxygen atoms in total. The van der Waals surface area contributed by atoms with Gasteiger partial charge < -0.3 is 10.0 Å². The molecule has 0 unspecified atom stereocenters. The quantitative estimate of drug-likeness (QED) is 0.897. The molecule has 0 bridgehead atoms. The van der Waals surface area contributed by atoms with Gasteiger partial charge in [-0.2, -0.15) is 5.10 Å². The lowest BCUT2D eigenvalue weighted by Gasteiger charge is -2.25. The number of aromatic nitrogens is 2. The summed E-state index contributed by atoms with van der Waals surface area (Å²) < 4.78 is 0. The summed E-state index contributed by atoms with van der Waals surface area (Å²) in [6.07, 6.45) is 3.34. The Kier molecular flexibility index (Phi) is 4.22. The van der Waals surface area contributed by atoms with E-state index in [1.54, 1.807) is 44.7 Å². The Hall–Kier alpha value is -2.83. The van der Waals surface area contributed by atoms with E-state index in [9.17, 15) is 14.7 Å². The van der Waals surface area contributed by atoms with Crippen LogP contribution in [0.3, 0.4) is 0 Å². The van der Waals surface area contributed by atoms with E-state index in [0.717, 1.165) is 5.56 Å². The lowest BCUT2D eigenvalue weighted by Crippen LogP contribution is -2.39. The Morgan fingerprint density at radius 3 is 2.62 bits per heavy atom. The average Bonchev–Trinajstić information content (AvgIpc) is 2.98. The number of carboxylic acid groups (broad SMARTS) is 1. The van der Waals surface area contributed by atoms with Crippen LogP contribution in [0.1, 0.15) is 15.9 Å². The molecule has 110 valence electrons. The Morgan fingerprint density at radius 2 is 2.00 bits per heavy atom. The summed E-state index contributed by atoms with van der Waals surface area (Å²) >= 11 is 0. The predicted molar refractivity (Wildman–Crippen MR) is 77.3 cm³/mol. The van der Waals surface area contributed by atoms with Gasteiger partial charge in [-0.05, 0) is 12.1 Å². The van der Waals surface area contributed by atoms with Crippen molar-refractivity contribution in [3.63, 3.8) is 0 Å². The lowest BCUT2D eigenvalue weighted by atomic mass is 10.1. The Balaban J connectivity index is 2.17. The molecular formula is C14H16N4O3. The molecule has 2 amide bonds. The fourth-order valence-electron chi connectivity index (χ4n) is 2.01. The van der Waals surface area contributed by atoms with Crippen molar-refractivity contribution in [1.82, 2.24) is 15.1 Å². The van der Waals surface area contributed by atoms with Crippen molar-refractivity contribution in [1.29, 1.82) is 0 Å². The number of para-hydroxylation sites is 1. The molecule has 0 radical (unpaired) electrons. The second kappa shape index (κ2) is 6.08. The Morgan fingerprint density at radius 1 is 1.29 bits per heavy atom. The van der Waals surface area contributed by atoms with Gasteiger partial charge in [-0.3, -0.25) is 10.00 Å². The van der Waals surface area contributed by atoms with Crippen molar-refractivity contribution in [2.75, 3.05) is 19.0 Å². The number of nitrogens with one attached hydrogen (secondary N) is 1. The van der Waals surface area contributed by atoms with Crippen molar-refractivity contribution in [2.45, 2.75) is 6.54 Å². The monoisotopic (exact) mass is 288 g/mol. The highest BCUT2D eigenvalue weighted by atomic mass is 16.4. The van der Waals surface area contributed by atoms with E-state index < -0.39 is 5.97 Å². The molecule has 2 aromatic rings. The number of hydrogen-bond acceptors (Lipinski definition) is 3. The van der Waals surface area contributed by atoms with Gasteiger partial charge in [0.25, 0.3) is 0 Å². The molecule has 0 saturated carbocycles. The van der Waals surface area contributed by atoms with Gasteiger partial charge in [0.15, 0.2) is 0 Å². The number of carboxylic acids is 1. The Labute approximate surface area is 121 Å². The third kappa shape index (κ3) is 3.19. The van der Waals surface area contributed by atoms with Crippen molar-refractivity contribution in [3.05, 3.63) is 47.8 Å². The second-order valence-corrected chi connectivity index (χ2v) is 4.63. The molecule has 0 spiro atoms. The molecule has 2 rings (SSSR count). The average molecular weight is 288 g/mol. The summed E-state index contributed by atoms with van der Waals surface area (Å²) in [5.41, 5.74) is 1.31. The highest BCUT2D eigenvalue weighted by Crippen LogP contribution is 2.20. The van der Waals surface area contributed by atoms with Gasteiger partial charge in [-0.25, -0.2) is 9.59 Å². The van der Waals surface area contributed by atoms with Gasteiger partial charge in [0.05, 0.1) is 24.0 Å². The molecule has 0 aliphatic carbocycles. The van der Waals surface area contributed by atoms with Crippen LogP contribution in [-0.2, 0) is 6.54 Å². The summed E-state index contributed by atoms with van der Waals surface area (Å²) in [5, 5.41) is 15.7. The molecular weight excluding hydrogens is 272 g/mol.